The minimum absolute atomic E-state index is 0.582. The largest absolute Gasteiger partial charge is 0.455 e. The van der Waals surface area contributed by atoms with E-state index in [4.69, 9.17) is 19.4 Å². The van der Waals surface area contributed by atoms with Crippen LogP contribution < -0.4 is 0 Å². The highest BCUT2D eigenvalue weighted by Gasteiger charge is 2.20. The molecule has 0 aliphatic rings. The summed E-state index contributed by atoms with van der Waals surface area (Å²) in [6.07, 6.45) is 0. The van der Waals surface area contributed by atoms with Crippen molar-refractivity contribution in [3.63, 3.8) is 0 Å². The van der Waals surface area contributed by atoms with Crippen molar-refractivity contribution in [2.45, 2.75) is 0 Å². The summed E-state index contributed by atoms with van der Waals surface area (Å²) in [5.74, 6) is 1.78. The van der Waals surface area contributed by atoms with Gasteiger partial charge in [0, 0.05) is 33.0 Å². The molecule has 12 aromatic rings. The molecular formula is C59H37N3O. The molecule has 2 aromatic heterocycles. The van der Waals surface area contributed by atoms with Gasteiger partial charge < -0.3 is 4.42 Å². The summed E-state index contributed by atoms with van der Waals surface area (Å²) >= 11 is 0. The average Bonchev–Trinajstić information content (AvgIpc) is 3.76. The molecule has 294 valence electrons. The second kappa shape index (κ2) is 15.2. The van der Waals surface area contributed by atoms with Gasteiger partial charge in [-0.3, -0.25) is 0 Å². The van der Waals surface area contributed by atoms with Gasteiger partial charge in [-0.25, -0.2) is 15.0 Å². The molecule has 0 aliphatic carbocycles. The van der Waals surface area contributed by atoms with Gasteiger partial charge in [-0.1, -0.05) is 212 Å². The second-order valence-corrected chi connectivity index (χ2v) is 16.0. The third-order valence-electron chi connectivity index (χ3n) is 12.2. The van der Waals surface area contributed by atoms with Crippen LogP contribution in [-0.2, 0) is 0 Å². The Balaban J connectivity index is 0.966. The molecule has 0 saturated heterocycles. The Morgan fingerprint density at radius 2 is 0.746 bits per heavy atom. The molecule has 0 spiro atoms. The van der Waals surface area contributed by atoms with Gasteiger partial charge in [-0.05, 0) is 72.6 Å². The van der Waals surface area contributed by atoms with Crippen molar-refractivity contribution in [1.82, 2.24) is 15.0 Å². The first kappa shape index (κ1) is 36.4. The number of nitrogens with zero attached hydrogens (tertiary/aromatic N) is 3. The van der Waals surface area contributed by atoms with Crippen LogP contribution in [0.25, 0.3) is 122 Å². The zero-order chi connectivity index (χ0) is 41.7. The Hall–Kier alpha value is -8.47. The Bertz CT molecular complexity index is 3640. The standard InChI is InChI=1S/C59H37N3O/c1-2-11-38(12-3-1)40-25-32-45(33-26-40)57-60-58(46-34-30-43(31-35-46)50-18-8-16-42-14-6-7-17-49(42)50)62-59(61-57)53-21-10-22-54-55(53)52-20-9-19-51(56(52)63-54)44-28-23-41(24-29-44)48-36-27-39-13-4-5-15-47(39)37-48/h1-37H. The smallest absolute Gasteiger partial charge is 0.164 e. The number of rotatable bonds is 7. The number of furan rings is 1. The summed E-state index contributed by atoms with van der Waals surface area (Å²) < 4.78 is 6.76. The van der Waals surface area contributed by atoms with Crippen LogP contribution in [0.2, 0.25) is 0 Å². The van der Waals surface area contributed by atoms with Crippen LogP contribution in [0.5, 0.6) is 0 Å². The van der Waals surface area contributed by atoms with E-state index in [1.54, 1.807) is 0 Å². The normalized spacial score (nSPS) is 11.5. The van der Waals surface area contributed by atoms with E-state index in [1.165, 1.54) is 38.2 Å². The molecule has 0 saturated carbocycles. The van der Waals surface area contributed by atoms with Crippen molar-refractivity contribution >= 4 is 43.5 Å². The molecule has 4 nitrogen and oxygen atoms in total. The van der Waals surface area contributed by atoms with E-state index in [-0.39, 0.29) is 0 Å². The fourth-order valence-electron chi connectivity index (χ4n) is 8.95. The number of hydrogen-bond acceptors (Lipinski definition) is 4. The van der Waals surface area contributed by atoms with E-state index >= 15 is 0 Å². The lowest BCUT2D eigenvalue weighted by molar-refractivity contribution is 0.670. The van der Waals surface area contributed by atoms with Crippen molar-refractivity contribution in [1.29, 1.82) is 0 Å². The van der Waals surface area contributed by atoms with Gasteiger partial charge in [0.15, 0.2) is 17.5 Å². The maximum absolute atomic E-state index is 6.76. The summed E-state index contributed by atoms with van der Waals surface area (Å²) in [5.41, 5.74) is 13.4. The fourth-order valence-corrected chi connectivity index (χ4v) is 8.95. The van der Waals surface area contributed by atoms with Crippen LogP contribution in [0.1, 0.15) is 0 Å². The first-order chi connectivity index (χ1) is 31.2. The summed E-state index contributed by atoms with van der Waals surface area (Å²) in [6.45, 7) is 0. The molecule has 0 atom stereocenters. The van der Waals surface area contributed by atoms with Crippen molar-refractivity contribution in [2.75, 3.05) is 0 Å². The lowest BCUT2D eigenvalue weighted by Gasteiger charge is -2.11. The maximum atomic E-state index is 6.76. The number of para-hydroxylation sites is 1. The predicted octanol–water partition coefficient (Wildman–Crippen LogP) is 15.7. The number of hydrogen-bond donors (Lipinski definition) is 0. The van der Waals surface area contributed by atoms with E-state index in [9.17, 15) is 0 Å². The molecule has 4 heteroatoms. The first-order valence-electron chi connectivity index (χ1n) is 21.2. The SMILES string of the molecule is c1ccc(-c2ccc(-c3nc(-c4ccc(-c5cccc6ccccc56)cc4)nc(-c4cccc5oc6c(-c7ccc(-c8ccc9ccccc9c8)cc7)cccc6c45)n3)cc2)cc1. The van der Waals surface area contributed by atoms with Crippen molar-refractivity contribution < 1.29 is 4.42 Å². The maximum Gasteiger partial charge on any atom is 0.164 e. The molecule has 0 radical (unpaired) electrons. The topological polar surface area (TPSA) is 51.8 Å². The van der Waals surface area contributed by atoms with Crippen LogP contribution in [0.4, 0.5) is 0 Å². The Kier molecular flexibility index (Phi) is 8.79. The van der Waals surface area contributed by atoms with Gasteiger partial charge >= 0.3 is 0 Å². The zero-order valence-corrected chi connectivity index (χ0v) is 34.1. The molecule has 0 unspecified atom stereocenters. The Morgan fingerprint density at radius 1 is 0.270 bits per heavy atom. The third-order valence-corrected chi connectivity index (χ3v) is 12.2. The van der Waals surface area contributed by atoms with E-state index in [2.05, 4.69) is 206 Å². The van der Waals surface area contributed by atoms with Gasteiger partial charge in [0.2, 0.25) is 0 Å². The molecule has 2 heterocycles. The molecule has 0 aliphatic heterocycles. The molecule has 0 fully saturated rings. The highest BCUT2D eigenvalue weighted by atomic mass is 16.3. The minimum atomic E-state index is 0.582. The summed E-state index contributed by atoms with van der Waals surface area (Å²) in [5, 5.41) is 6.88. The van der Waals surface area contributed by atoms with Crippen LogP contribution in [0.3, 0.4) is 0 Å². The molecule has 0 bridgehead atoms. The molecule has 0 amide bonds. The second-order valence-electron chi connectivity index (χ2n) is 16.0. The molecule has 0 N–H and O–H groups in total. The zero-order valence-electron chi connectivity index (χ0n) is 34.1. The van der Waals surface area contributed by atoms with Gasteiger partial charge in [-0.2, -0.15) is 0 Å². The minimum Gasteiger partial charge on any atom is -0.455 e. The van der Waals surface area contributed by atoms with Gasteiger partial charge in [-0.15, -0.1) is 0 Å². The predicted molar refractivity (Wildman–Crippen MR) is 260 cm³/mol. The highest BCUT2D eigenvalue weighted by Crippen LogP contribution is 2.41. The van der Waals surface area contributed by atoms with E-state index in [1.807, 2.05) is 18.2 Å². The summed E-state index contributed by atoms with van der Waals surface area (Å²) in [6, 6.07) is 78.8. The molecule has 10 aromatic carbocycles. The van der Waals surface area contributed by atoms with Crippen molar-refractivity contribution in [3.8, 4) is 78.7 Å². The van der Waals surface area contributed by atoms with Crippen LogP contribution in [-0.4, -0.2) is 15.0 Å². The lowest BCUT2D eigenvalue weighted by atomic mass is 9.97. The third kappa shape index (κ3) is 6.62. The Labute approximate surface area is 364 Å². The number of aromatic nitrogens is 3. The molecule has 63 heavy (non-hydrogen) atoms. The molecular weight excluding hydrogens is 767 g/mol. The quantitative estimate of drug-likeness (QED) is 0.161. The average molecular weight is 804 g/mol. The van der Waals surface area contributed by atoms with E-state index in [0.29, 0.717) is 17.5 Å². The van der Waals surface area contributed by atoms with E-state index < -0.39 is 0 Å². The molecule has 12 rings (SSSR count). The van der Waals surface area contributed by atoms with Gasteiger partial charge in [0.05, 0.1) is 0 Å². The van der Waals surface area contributed by atoms with Crippen LogP contribution in [0, 0.1) is 0 Å². The monoisotopic (exact) mass is 803 g/mol. The van der Waals surface area contributed by atoms with Crippen molar-refractivity contribution in [3.05, 3.63) is 224 Å². The summed E-state index contributed by atoms with van der Waals surface area (Å²) in [7, 11) is 0. The lowest BCUT2D eigenvalue weighted by Crippen LogP contribution is -2.00. The summed E-state index contributed by atoms with van der Waals surface area (Å²) in [4.78, 5) is 15.6. The number of benzene rings is 10. The highest BCUT2D eigenvalue weighted by molar-refractivity contribution is 6.15. The first-order valence-corrected chi connectivity index (χ1v) is 21.2. The van der Waals surface area contributed by atoms with Crippen LogP contribution >= 0.6 is 0 Å². The van der Waals surface area contributed by atoms with Gasteiger partial charge in [0.25, 0.3) is 0 Å². The van der Waals surface area contributed by atoms with E-state index in [0.717, 1.165) is 66.4 Å². The fraction of sp³-hybridized carbons (Fsp3) is 0. The number of fused-ring (bicyclic) bond motifs is 5. The van der Waals surface area contributed by atoms with Crippen LogP contribution in [0.15, 0.2) is 229 Å². The Morgan fingerprint density at radius 3 is 1.49 bits per heavy atom. The van der Waals surface area contributed by atoms with Crippen molar-refractivity contribution in [2.24, 2.45) is 0 Å². The van der Waals surface area contributed by atoms with Gasteiger partial charge in [0.1, 0.15) is 11.2 Å².